The summed E-state index contributed by atoms with van der Waals surface area (Å²) < 4.78 is 5.95. The number of aliphatic carboxylic acids is 2. The Kier molecular flexibility index (Phi) is 10.1. The number of carboxylic acids is 2. The third kappa shape index (κ3) is 7.97. The molecule has 2 aromatic rings. The van der Waals surface area contributed by atoms with E-state index < -0.39 is 11.9 Å². The van der Waals surface area contributed by atoms with Crippen LogP contribution in [0.2, 0.25) is 0 Å². The minimum Gasteiger partial charge on any atom is -0.539 e. The average Bonchev–Trinajstić information content (AvgIpc) is 3.23. The zero-order valence-corrected chi connectivity index (χ0v) is 18.5. The molecule has 1 aliphatic heterocycles. The SMILES string of the molecule is C[NH+](C)CCSCC(CC1CCCO1)c1cccc2ccccc12.O=C([O-])C(=O)O. The van der Waals surface area contributed by atoms with Gasteiger partial charge in [-0.25, -0.2) is 4.79 Å². The number of quaternary nitrogens is 1. The average molecular weight is 434 g/mol. The molecule has 7 heteroatoms. The molecule has 30 heavy (non-hydrogen) atoms. The molecular formula is C23H31NO5S. The van der Waals surface area contributed by atoms with Gasteiger partial charge in [0, 0.05) is 18.1 Å². The summed E-state index contributed by atoms with van der Waals surface area (Å²) in [6, 6.07) is 15.6. The molecule has 2 atom stereocenters. The van der Waals surface area contributed by atoms with Gasteiger partial charge in [-0.1, -0.05) is 42.5 Å². The fourth-order valence-electron chi connectivity index (χ4n) is 3.54. The molecule has 0 radical (unpaired) electrons. The number of nitrogens with one attached hydrogen (secondary N) is 1. The number of benzene rings is 2. The van der Waals surface area contributed by atoms with E-state index in [1.54, 1.807) is 0 Å². The minimum absolute atomic E-state index is 0.453. The van der Waals surface area contributed by atoms with Crippen LogP contribution in [0.15, 0.2) is 42.5 Å². The van der Waals surface area contributed by atoms with Gasteiger partial charge in [0.25, 0.3) is 0 Å². The molecule has 0 saturated carbocycles. The largest absolute Gasteiger partial charge is 0.539 e. The number of carbonyl (C=O) groups excluding carboxylic acids is 1. The fraction of sp³-hybridized carbons (Fsp3) is 0.478. The predicted octanol–water partition coefficient (Wildman–Crippen LogP) is 1.19. The molecule has 0 spiro atoms. The van der Waals surface area contributed by atoms with Crippen molar-refractivity contribution in [3.8, 4) is 0 Å². The Bertz CT molecular complexity index is 803. The second kappa shape index (κ2) is 12.6. The van der Waals surface area contributed by atoms with Gasteiger partial charge in [-0.15, -0.1) is 0 Å². The molecule has 0 aliphatic carbocycles. The van der Waals surface area contributed by atoms with Crippen molar-refractivity contribution in [3.05, 3.63) is 48.0 Å². The van der Waals surface area contributed by atoms with Crippen LogP contribution in [0.3, 0.4) is 0 Å². The van der Waals surface area contributed by atoms with Gasteiger partial charge >= 0.3 is 5.97 Å². The van der Waals surface area contributed by atoms with E-state index in [4.69, 9.17) is 24.5 Å². The lowest BCUT2D eigenvalue weighted by molar-refractivity contribution is -0.855. The molecule has 1 fully saturated rings. The maximum atomic E-state index is 9.04. The lowest BCUT2D eigenvalue weighted by atomic mass is 9.90. The van der Waals surface area contributed by atoms with Crippen molar-refractivity contribution in [3.63, 3.8) is 0 Å². The van der Waals surface area contributed by atoms with Crippen molar-refractivity contribution in [2.24, 2.45) is 0 Å². The van der Waals surface area contributed by atoms with E-state index in [-0.39, 0.29) is 0 Å². The first kappa shape index (κ1) is 24.2. The summed E-state index contributed by atoms with van der Waals surface area (Å²) in [4.78, 5) is 19.6. The van der Waals surface area contributed by atoms with Crippen molar-refractivity contribution in [2.75, 3.05) is 38.8 Å². The van der Waals surface area contributed by atoms with E-state index in [1.807, 2.05) is 0 Å². The first-order valence-corrected chi connectivity index (χ1v) is 11.4. The fourth-order valence-corrected chi connectivity index (χ4v) is 4.86. The Hall–Kier alpha value is -2.09. The van der Waals surface area contributed by atoms with Crippen LogP contribution in [-0.2, 0) is 14.3 Å². The Balaban J connectivity index is 0.000000469. The van der Waals surface area contributed by atoms with Crippen LogP contribution >= 0.6 is 11.8 Å². The van der Waals surface area contributed by atoms with Crippen molar-refractivity contribution in [1.82, 2.24) is 0 Å². The number of hydrogen-bond acceptors (Lipinski definition) is 5. The Morgan fingerprint density at radius 2 is 1.93 bits per heavy atom. The van der Waals surface area contributed by atoms with Crippen LogP contribution in [0, 0.1) is 0 Å². The number of rotatable bonds is 8. The summed E-state index contributed by atoms with van der Waals surface area (Å²) in [6.07, 6.45) is 4.07. The number of carbonyl (C=O) groups is 2. The van der Waals surface area contributed by atoms with Gasteiger partial charge in [-0.05, 0) is 41.5 Å². The van der Waals surface area contributed by atoms with Gasteiger partial charge < -0.3 is 24.6 Å². The van der Waals surface area contributed by atoms with Crippen LogP contribution < -0.4 is 10.0 Å². The van der Waals surface area contributed by atoms with Gasteiger partial charge in [0.05, 0.1) is 26.7 Å². The van der Waals surface area contributed by atoms with Crippen molar-refractivity contribution in [1.29, 1.82) is 0 Å². The summed E-state index contributed by atoms with van der Waals surface area (Å²) >= 11 is 2.10. The number of thioether (sulfide) groups is 1. The van der Waals surface area contributed by atoms with E-state index in [1.165, 1.54) is 52.1 Å². The van der Waals surface area contributed by atoms with Gasteiger partial charge in [-0.3, -0.25) is 0 Å². The highest BCUT2D eigenvalue weighted by atomic mass is 32.2. The van der Waals surface area contributed by atoms with Gasteiger partial charge in [-0.2, -0.15) is 11.8 Å². The molecule has 0 amide bonds. The highest BCUT2D eigenvalue weighted by Gasteiger charge is 2.23. The Morgan fingerprint density at radius 3 is 2.57 bits per heavy atom. The highest BCUT2D eigenvalue weighted by molar-refractivity contribution is 7.99. The summed E-state index contributed by atoms with van der Waals surface area (Å²) in [5.41, 5.74) is 1.51. The molecule has 164 valence electrons. The van der Waals surface area contributed by atoms with Crippen LogP contribution in [-0.4, -0.2) is 61.9 Å². The summed E-state index contributed by atoms with van der Waals surface area (Å²) in [5.74, 6) is -0.998. The van der Waals surface area contributed by atoms with Gasteiger partial charge in [0.1, 0.15) is 0 Å². The van der Waals surface area contributed by atoms with E-state index in [9.17, 15) is 0 Å². The minimum atomic E-state index is -2.07. The number of carboxylic acid groups (broad SMARTS) is 2. The molecular weight excluding hydrogens is 402 g/mol. The standard InChI is InChI=1S/C21H29NOS.C2H2O4/c1-22(2)12-14-24-16-18(15-19-9-6-13-23-19)21-11-5-8-17-7-3-4-10-20(17)21;3-1(4)2(5)6/h3-5,7-8,10-11,18-19H,6,9,12-16H2,1-2H3;(H,3,4)(H,5,6). The maximum Gasteiger partial charge on any atom is 0.351 e. The second-order valence-corrected chi connectivity index (χ2v) is 8.91. The van der Waals surface area contributed by atoms with E-state index in [0.717, 1.165) is 13.0 Å². The van der Waals surface area contributed by atoms with Gasteiger partial charge in [0.2, 0.25) is 0 Å². The molecule has 1 heterocycles. The lowest BCUT2D eigenvalue weighted by Gasteiger charge is -2.22. The first-order chi connectivity index (χ1) is 14.4. The zero-order chi connectivity index (χ0) is 21.9. The predicted molar refractivity (Wildman–Crippen MR) is 118 cm³/mol. The molecule has 1 aliphatic rings. The molecule has 0 aromatic heterocycles. The van der Waals surface area contributed by atoms with Crippen LogP contribution in [0.5, 0.6) is 0 Å². The lowest BCUT2D eigenvalue weighted by Crippen LogP contribution is -3.06. The summed E-state index contributed by atoms with van der Waals surface area (Å²) in [7, 11) is 4.46. The summed E-state index contributed by atoms with van der Waals surface area (Å²) in [5, 5.41) is 19.1. The monoisotopic (exact) mass is 433 g/mol. The van der Waals surface area contributed by atoms with Crippen LogP contribution in [0.1, 0.15) is 30.7 Å². The summed E-state index contributed by atoms with van der Waals surface area (Å²) in [6.45, 7) is 2.18. The van der Waals surface area contributed by atoms with Crippen LogP contribution in [0.4, 0.5) is 0 Å². The molecule has 0 bridgehead atoms. The topological polar surface area (TPSA) is 91.1 Å². The Morgan fingerprint density at radius 1 is 1.23 bits per heavy atom. The molecule has 6 nitrogen and oxygen atoms in total. The zero-order valence-electron chi connectivity index (χ0n) is 17.6. The quantitative estimate of drug-likeness (QED) is 0.480. The van der Waals surface area contributed by atoms with Gasteiger partial charge in [0.15, 0.2) is 5.97 Å². The number of hydrogen-bond donors (Lipinski definition) is 2. The molecule has 2 aromatic carbocycles. The molecule has 2 N–H and O–H groups in total. The van der Waals surface area contributed by atoms with E-state index in [2.05, 4.69) is 68.3 Å². The van der Waals surface area contributed by atoms with E-state index >= 15 is 0 Å². The van der Waals surface area contributed by atoms with Crippen molar-refractivity contribution < 1.29 is 29.4 Å². The second-order valence-electron chi connectivity index (χ2n) is 7.76. The number of fused-ring (bicyclic) bond motifs is 1. The van der Waals surface area contributed by atoms with E-state index in [0.29, 0.717) is 12.0 Å². The third-order valence-corrected chi connectivity index (χ3v) is 6.21. The maximum absolute atomic E-state index is 9.04. The normalized spacial score (nSPS) is 16.8. The molecule has 2 unspecified atom stereocenters. The van der Waals surface area contributed by atoms with Crippen molar-refractivity contribution in [2.45, 2.75) is 31.3 Å². The third-order valence-electron chi connectivity index (χ3n) is 5.07. The Labute approximate surface area is 182 Å². The molecule has 3 rings (SSSR count). The molecule has 1 saturated heterocycles. The highest BCUT2D eigenvalue weighted by Crippen LogP contribution is 2.34. The van der Waals surface area contributed by atoms with Crippen molar-refractivity contribution >= 4 is 34.5 Å². The number of ether oxygens (including phenoxy) is 1. The first-order valence-electron chi connectivity index (χ1n) is 10.3. The van der Waals surface area contributed by atoms with Crippen LogP contribution in [0.25, 0.3) is 10.8 Å². The smallest absolute Gasteiger partial charge is 0.351 e.